The van der Waals surface area contributed by atoms with Crippen LogP contribution in [0.15, 0.2) is 36.7 Å². The Hall–Kier alpha value is -2.40. The maximum Gasteiger partial charge on any atom is 0.255 e. The number of hydrogen-bond acceptors (Lipinski definition) is 3. The minimum absolute atomic E-state index is 0.200. The van der Waals surface area contributed by atoms with Gasteiger partial charge in [-0.3, -0.25) is 4.79 Å². The number of nitrogens with zero attached hydrogens (tertiary/aromatic N) is 2. The summed E-state index contributed by atoms with van der Waals surface area (Å²) in [5, 5.41) is 3.22. The number of benzene rings is 1. The van der Waals surface area contributed by atoms with Gasteiger partial charge >= 0.3 is 0 Å². The first-order valence-electron chi connectivity index (χ1n) is 6.01. The van der Waals surface area contributed by atoms with Gasteiger partial charge in [-0.15, -0.1) is 0 Å². The van der Waals surface area contributed by atoms with Crippen LogP contribution in [0.5, 0.6) is 0 Å². The lowest BCUT2D eigenvalue weighted by atomic mass is 10.2. The van der Waals surface area contributed by atoms with Crippen LogP contribution in [0, 0.1) is 6.92 Å². The normalized spacial score (nSPS) is 10.7. The summed E-state index contributed by atoms with van der Waals surface area (Å²) in [4.78, 5) is 23.4. The van der Waals surface area contributed by atoms with Crippen molar-refractivity contribution in [3.8, 4) is 0 Å². The summed E-state index contributed by atoms with van der Waals surface area (Å²) in [6.07, 6.45) is 1.60. The summed E-state index contributed by atoms with van der Waals surface area (Å²) in [6.45, 7) is 1.79. The molecule has 2 heterocycles. The molecule has 6 heteroatoms. The highest BCUT2D eigenvalue weighted by atomic mass is 35.5. The number of pyridine rings is 1. The number of aryl methyl sites for hydroxylation is 1. The quantitative estimate of drug-likeness (QED) is 0.711. The molecular formula is C14H11ClN4O. The molecule has 0 spiro atoms. The van der Waals surface area contributed by atoms with E-state index in [0.29, 0.717) is 22.1 Å². The molecule has 2 N–H and O–H groups in total. The van der Waals surface area contributed by atoms with Crippen LogP contribution < -0.4 is 5.32 Å². The smallest absolute Gasteiger partial charge is 0.255 e. The Morgan fingerprint density at radius 3 is 2.95 bits per heavy atom. The van der Waals surface area contributed by atoms with Crippen molar-refractivity contribution in [3.05, 3.63) is 53.1 Å². The number of halogens is 1. The molecule has 3 aromatic rings. The van der Waals surface area contributed by atoms with Crippen molar-refractivity contribution in [1.29, 1.82) is 0 Å². The molecule has 0 atom stereocenters. The van der Waals surface area contributed by atoms with Gasteiger partial charge in [0.2, 0.25) is 0 Å². The van der Waals surface area contributed by atoms with E-state index in [2.05, 4.69) is 20.3 Å². The van der Waals surface area contributed by atoms with Crippen LogP contribution in [0.3, 0.4) is 0 Å². The van der Waals surface area contributed by atoms with E-state index in [0.717, 1.165) is 11.0 Å². The fraction of sp³-hybridized carbons (Fsp3) is 0.0714. The van der Waals surface area contributed by atoms with E-state index in [-0.39, 0.29) is 5.91 Å². The average molecular weight is 287 g/mol. The Balaban J connectivity index is 1.88. The first-order chi connectivity index (χ1) is 9.63. The minimum atomic E-state index is -0.200. The standard InChI is InChI=1S/C14H11ClN4O/c1-8-10(4-5-13(15)18-8)19-14(20)9-2-3-11-12(6-9)17-7-16-11/h2-7H,1H3,(H,16,17)(H,19,20). The van der Waals surface area contributed by atoms with E-state index < -0.39 is 0 Å². The highest BCUT2D eigenvalue weighted by Crippen LogP contribution is 2.18. The molecule has 1 amide bonds. The monoisotopic (exact) mass is 286 g/mol. The number of amides is 1. The highest BCUT2D eigenvalue weighted by molar-refractivity contribution is 6.29. The third kappa shape index (κ3) is 2.35. The van der Waals surface area contributed by atoms with Gasteiger partial charge in [0.1, 0.15) is 5.15 Å². The lowest BCUT2D eigenvalue weighted by Crippen LogP contribution is -2.13. The number of anilines is 1. The molecule has 5 nitrogen and oxygen atoms in total. The van der Waals surface area contributed by atoms with Crippen molar-refractivity contribution in [3.63, 3.8) is 0 Å². The van der Waals surface area contributed by atoms with Gasteiger partial charge in [0.25, 0.3) is 5.91 Å². The molecule has 0 fully saturated rings. The topological polar surface area (TPSA) is 70.7 Å². The number of aromatic nitrogens is 3. The van der Waals surface area contributed by atoms with Crippen LogP contribution in [0.25, 0.3) is 11.0 Å². The van der Waals surface area contributed by atoms with Crippen molar-refractivity contribution >= 4 is 34.2 Å². The fourth-order valence-corrected chi connectivity index (χ4v) is 2.12. The predicted molar refractivity (Wildman–Crippen MR) is 78.0 cm³/mol. The lowest BCUT2D eigenvalue weighted by molar-refractivity contribution is 0.102. The predicted octanol–water partition coefficient (Wildman–Crippen LogP) is 3.17. The van der Waals surface area contributed by atoms with Crippen LogP contribution in [0.1, 0.15) is 16.1 Å². The molecule has 0 aliphatic carbocycles. The maximum atomic E-state index is 12.2. The van der Waals surface area contributed by atoms with Crippen LogP contribution in [0.4, 0.5) is 5.69 Å². The van der Waals surface area contributed by atoms with Crippen molar-refractivity contribution in [1.82, 2.24) is 15.0 Å². The molecule has 2 aromatic heterocycles. The van der Waals surface area contributed by atoms with E-state index in [1.165, 1.54) is 0 Å². The lowest BCUT2D eigenvalue weighted by Gasteiger charge is -2.08. The summed E-state index contributed by atoms with van der Waals surface area (Å²) in [5.41, 5.74) is 3.52. The van der Waals surface area contributed by atoms with Gasteiger partial charge in [0.15, 0.2) is 0 Å². The summed E-state index contributed by atoms with van der Waals surface area (Å²) >= 11 is 5.79. The van der Waals surface area contributed by atoms with E-state index >= 15 is 0 Å². The third-order valence-electron chi connectivity index (χ3n) is 2.98. The van der Waals surface area contributed by atoms with Crippen LogP contribution >= 0.6 is 11.6 Å². The Bertz CT molecular complexity index is 797. The molecule has 100 valence electrons. The van der Waals surface area contributed by atoms with E-state index in [1.807, 2.05) is 0 Å². The van der Waals surface area contributed by atoms with Gasteiger partial charge in [0, 0.05) is 5.56 Å². The molecule has 0 bridgehead atoms. The summed E-state index contributed by atoms with van der Waals surface area (Å²) < 4.78 is 0. The Labute approximate surface area is 120 Å². The number of fused-ring (bicyclic) bond motifs is 1. The average Bonchev–Trinajstić information content (AvgIpc) is 2.89. The molecule has 0 aliphatic rings. The zero-order valence-electron chi connectivity index (χ0n) is 10.6. The fourth-order valence-electron chi connectivity index (χ4n) is 1.93. The van der Waals surface area contributed by atoms with E-state index in [9.17, 15) is 4.79 Å². The van der Waals surface area contributed by atoms with Crippen molar-refractivity contribution in [2.24, 2.45) is 0 Å². The van der Waals surface area contributed by atoms with E-state index in [4.69, 9.17) is 11.6 Å². The zero-order valence-corrected chi connectivity index (χ0v) is 11.4. The van der Waals surface area contributed by atoms with Gasteiger partial charge < -0.3 is 10.3 Å². The summed E-state index contributed by atoms with van der Waals surface area (Å²) in [5.74, 6) is -0.200. The first kappa shape index (κ1) is 12.6. The van der Waals surface area contributed by atoms with E-state index in [1.54, 1.807) is 43.6 Å². The maximum absolute atomic E-state index is 12.2. The van der Waals surface area contributed by atoms with Crippen molar-refractivity contribution in [2.45, 2.75) is 6.92 Å². The molecule has 0 saturated carbocycles. The van der Waals surface area contributed by atoms with Crippen molar-refractivity contribution < 1.29 is 4.79 Å². The van der Waals surface area contributed by atoms with Gasteiger partial charge in [-0.05, 0) is 37.3 Å². The number of aromatic amines is 1. The van der Waals surface area contributed by atoms with Crippen molar-refractivity contribution in [2.75, 3.05) is 5.32 Å². The second-order valence-electron chi connectivity index (χ2n) is 4.36. The van der Waals surface area contributed by atoms with Gasteiger partial charge in [-0.25, -0.2) is 9.97 Å². The minimum Gasteiger partial charge on any atom is -0.345 e. The SMILES string of the molecule is Cc1nc(Cl)ccc1NC(=O)c1ccc2nc[nH]c2c1. The third-order valence-corrected chi connectivity index (χ3v) is 3.19. The summed E-state index contributed by atoms with van der Waals surface area (Å²) in [6, 6.07) is 8.67. The highest BCUT2D eigenvalue weighted by Gasteiger charge is 2.10. The Morgan fingerprint density at radius 2 is 2.15 bits per heavy atom. The number of carbonyl (C=O) groups is 1. The molecule has 0 unspecified atom stereocenters. The van der Waals surface area contributed by atoms with Gasteiger partial charge in [-0.1, -0.05) is 11.6 Å². The number of carbonyl (C=O) groups excluding carboxylic acids is 1. The molecule has 1 aromatic carbocycles. The second kappa shape index (κ2) is 4.94. The largest absolute Gasteiger partial charge is 0.345 e. The van der Waals surface area contributed by atoms with Crippen LogP contribution in [-0.2, 0) is 0 Å². The molecule has 0 saturated heterocycles. The number of rotatable bonds is 2. The molecule has 3 rings (SSSR count). The molecule has 0 aliphatic heterocycles. The first-order valence-corrected chi connectivity index (χ1v) is 6.39. The number of hydrogen-bond donors (Lipinski definition) is 2. The van der Waals surface area contributed by atoms with Gasteiger partial charge in [0.05, 0.1) is 28.7 Å². The number of imidazole rings is 1. The van der Waals surface area contributed by atoms with Crippen LogP contribution in [-0.4, -0.2) is 20.9 Å². The van der Waals surface area contributed by atoms with Gasteiger partial charge in [-0.2, -0.15) is 0 Å². The second-order valence-corrected chi connectivity index (χ2v) is 4.74. The summed E-state index contributed by atoms with van der Waals surface area (Å²) in [7, 11) is 0. The Kier molecular flexibility index (Phi) is 3.12. The Morgan fingerprint density at radius 1 is 1.30 bits per heavy atom. The number of H-pyrrole nitrogens is 1. The molecular weight excluding hydrogens is 276 g/mol. The molecule has 20 heavy (non-hydrogen) atoms. The zero-order chi connectivity index (χ0) is 14.1. The van der Waals surface area contributed by atoms with Crippen LogP contribution in [0.2, 0.25) is 5.15 Å². The molecule has 0 radical (unpaired) electrons. The number of nitrogens with one attached hydrogen (secondary N) is 2.